The number of ether oxygens (including phenoxy) is 3. The Kier molecular flexibility index (Phi) is 9.23. The predicted octanol–water partition coefficient (Wildman–Crippen LogP) is 6.10. The number of rotatable bonds is 14. The summed E-state index contributed by atoms with van der Waals surface area (Å²) in [7, 11) is 0. The van der Waals surface area contributed by atoms with E-state index in [1.54, 1.807) is 0 Å². The molecular formula is C22H42O3. The summed E-state index contributed by atoms with van der Waals surface area (Å²) in [5, 5.41) is 0. The monoisotopic (exact) mass is 354 g/mol. The smallest absolute Gasteiger partial charge is 0.168 e. The Labute approximate surface area is 156 Å². The molecule has 1 aliphatic heterocycles. The molecule has 0 bridgehead atoms. The molecule has 0 amide bonds. The zero-order valence-electron chi connectivity index (χ0n) is 17.2. The zero-order chi connectivity index (χ0) is 18.1. The third-order valence-electron chi connectivity index (χ3n) is 6.24. The fourth-order valence-corrected chi connectivity index (χ4v) is 4.72. The zero-order valence-corrected chi connectivity index (χ0v) is 17.2. The SMILES string of the molecule is CCCCCCCCC(CC1CCC2OC2C1)C(C)(OCC)OCC. The summed E-state index contributed by atoms with van der Waals surface area (Å²) in [5.41, 5.74) is 0. The van der Waals surface area contributed by atoms with Gasteiger partial charge < -0.3 is 14.2 Å². The quantitative estimate of drug-likeness (QED) is 0.214. The van der Waals surface area contributed by atoms with Crippen molar-refractivity contribution in [1.29, 1.82) is 0 Å². The van der Waals surface area contributed by atoms with Crippen LogP contribution in [-0.4, -0.2) is 31.2 Å². The van der Waals surface area contributed by atoms with Gasteiger partial charge in [0.05, 0.1) is 12.2 Å². The molecule has 4 unspecified atom stereocenters. The van der Waals surface area contributed by atoms with E-state index < -0.39 is 5.79 Å². The van der Waals surface area contributed by atoms with E-state index in [-0.39, 0.29) is 0 Å². The van der Waals surface area contributed by atoms with Gasteiger partial charge in [0.2, 0.25) is 0 Å². The standard InChI is InChI=1S/C22H42O3/c1-5-8-9-10-11-12-13-19(22(4,23-6-2)24-7-3)16-18-14-15-20-21(17-18)25-20/h18-21H,5-17H2,1-4H3. The van der Waals surface area contributed by atoms with Gasteiger partial charge in [-0.05, 0) is 58.8 Å². The maximum absolute atomic E-state index is 6.15. The number of fused-ring (bicyclic) bond motifs is 1. The van der Waals surface area contributed by atoms with Gasteiger partial charge >= 0.3 is 0 Å². The van der Waals surface area contributed by atoms with E-state index in [1.807, 2.05) is 0 Å². The van der Waals surface area contributed by atoms with Crippen molar-refractivity contribution >= 4 is 0 Å². The molecule has 2 rings (SSSR count). The van der Waals surface area contributed by atoms with Crippen LogP contribution in [0.5, 0.6) is 0 Å². The van der Waals surface area contributed by atoms with E-state index in [9.17, 15) is 0 Å². The van der Waals surface area contributed by atoms with Crippen molar-refractivity contribution in [2.45, 2.75) is 116 Å². The Bertz CT molecular complexity index is 351. The highest BCUT2D eigenvalue weighted by Gasteiger charge is 2.45. The summed E-state index contributed by atoms with van der Waals surface area (Å²) in [6.07, 6.45) is 15.6. The van der Waals surface area contributed by atoms with Gasteiger partial charge in [-0.1, -0.05) is 45.4 Å². The van der Waals surface area contributed by atoms with Crippen molar-refractivity contribution in [3.63, 3.8) is 0 Å². The van der Waals surface area contributed by atoms with Gasteiger partial charge in [0, 0.05) is 19.1 Å². The van der Waals surface area contributed by atoms with E-state index in [1.165, 1.54) is 70.6 Å². The fraction of sp³-hybridized carbons (Fsp3) is 1.00. The summed E-state index contributed by atoms with van der Waals surface area (Å²) >= 11 is 0. The molecule has 148 valence electrons. The van der Waals surface area contributed by atoms with Crippen LogP contribution in [0.4, 0.5) is 0 Å². The second-order valence-corrected chi connectivity index (χ2v) is 8.26. The first-order valence-corrected chi connectivity index (χ1v) is 11.1. The van der Waals surface area contributed by atoms with Crippen LogP contribution in [0.2, 0.25) is 0 Å². The number of hydrogen-bond donors (Lipinski definition) is 0. The predicted molar refractivity (Wildman–Crippen MR) is 104 cm³/mol. The van der Waals surface area contributed by atoms with Crippen molar-refractivity contribution in [3.8, 4) is 0 Å². The molecule has 2 fully saturated rings. The molecule has 25 heavy (non-hydrogen) atoms. The van der Waals surface area contributed by atoms with Gasteiger partial charge in [-0.25, -0.2) is 0 Å². The maximum Gasteiger partial charge on any atom is 0.168 e. The highest BCUT2D eigenvalue weighted by Crippen LogP contribution is 2.44. The van der Waals surface area contributed by atoms with Crippen LogP contribution in [0.3, 0.4) is 0 Å². The molecule has 3 nitrogen and oxygen atoms in total. The summed E-state index contributed by atoms with van der Waals surface area (Å²) < 4.78 is 18.0. The molecule has 0 aromatic heterocycles. The van der Waals surface area contributed by atoms with Crippen molar-refractivity contribution in [2.75, 3.05) is 13.2 Å². The van der Waals surface area contributed by atoms with E-state index in [0.717, 1.165) is 19.1 Å². The third kappa shape index (κ3) is 6.84. The molecule has 0 spiro atoms. The Morgan fingerprint density at radius 2 is 1.60 bits per heavy atom. The normalized spacial score (nSPS) is 27.1. The van der Waals surface area contributed by atoms with Gasteiger partial charge in [0.25, 0.3) is 0 Å². The summed E-state index contributed by atoms with van der Waals surface area (Å²) in [6.45, 7) is 10.1. The van der Waals surface area contributed by atoms with E-state index in [4.69, 9.17) is 14.2 Å². The van der Waals surface area contributed by atoms with Crippen molar-refractivity contribution in [2.24, 2.45) is 11.8 Å². The molecule has 1 saturated heterocycles. The van der Waals surface area contributed by atoms with Gasteiger partial charge in [-0.3, -0.25) is 0 Å². The Hall–Kier alpha value is -0.120. The molecule has 1 saturated carbocycles. The van der Waals surface area contributed by atoms with Crippen LogP contribution in [-0.2, 0) is 14.2 Å². The summed E-state index contributed by atoms with van der Waals surface area (Å²) in [6, 6.07) is 0. The molecule has 0 N–H and O–H groups in total. The second-order valence-electron chi connectivity index (χ2n) is 8.26. The van der Waals surface area contributed by atoms with E-state index >= 15 is 0 Å². The molecule has 4 atom stereocenters. The summed E-state index contributed by atoms with van der Waals surface area (Å²) in [4.78, 5) is 0. The lowest BCUT2D eigenvalue weighted by molar-refractivity contribution is -0.256. The lowest BCUT2D eigenvalue weighted by atomic mass is 9.78. The number of epoxide rings is 1. The van der Waals surface area contributed by atoms with Crippen LogP contribution in [0.15, 0.2) is 0 Å². The topological polar surface area (TPSA) is 31.0 Å². The van der Waals surface area contributed by atoms with Gasteiger partial charge in [-0.2, -0.15) is 0 Å². The largest absolute Gasteiger partial charge is 0.370 e. The summed E-state index contributed by atoms with van der Waals surface area (Å²) in [5.74, 6) is 0.863. The van der Waals surface area contributed by atoms with Gasteiger partial charge in [-0.15, -0.1) is 0 Å². The lowest BCUT2D eigenvalue weighted by Gasteiger charge is -2.39. The van der Waals surface area contributed by atoms with Crippen LogP contribution < -0.4 is 0 Å². The minimum absolute atomic E-state index is 0.422. The average Bonchev–Trinajstić information content (AvgIpc) is 3.36. The van der Waals surface area contributed by atoms with Crippen molar-refractivity contribution in [3.05, 3.63) is 0 Å². The molecule has 3 heteroatoms. The second kappa shape index (κ2) is 10.9. The molecule has 0 radical (unpaired) electrons. The van der Waals surface area contributed by atoms with Crippen LogP contribution in [0.1, 0.15) is 98.3 Å². The Morgan fingerprint density at radius 3 is 2.24 bits per heavy atom. The molecule has 2 aliphatic rings. The molecule has 1 aliphatic carbocycles. The minimum Gasteiger partial charge on any atom is -0.370 e. The molecule has 0 aromatic carbocycles. The average molecular weight is 355 g/mol. The van der Waals surface area contributed by atoms with Crippen LogP contribution in [0.25, 0.3) is 0 Å². The van der Waals surface area contributed by atoms with E-state index in [0.29, 0.717) is 18.1 Å². The first-order chi connectivity index (χ1) is 12.1. The fourth-order valence-electron chi connectivity index (χ4n) is 4.72. The Balaban J connectivity index is 1.86. The van der Waals surface area contributed by atoms with Crippen molar-refractivity contribution < 1.29 is 14.2 Å². The third-order valence-corrected chi connectivity index (χ3v) is 6.24. The molecular weight excluding hydrogens is 312 g/mol. The Morgan fingerprint density at radius 1 is 0.920 bits per heavy atom. The van der Waals surface area contributed by atoms with E-state index in [2.05, 4.69) is 27.7 Å². The van der Waals surface area contributed by atoms with Crippen LogP contribution >= 0.6 is 0 Å². The minimum atomic E-state index is -0.422. The van der Waals surface area contributed by atoms with Gasteiger partial charge in [0.1, 0.15) is 0 Å². The number of hydrogen-bond acceptors (Lipinski definition) is 3. The van der Waals surface area contributed by atoms with Gasteiger partial charge in [0.15, 0.2) is 5.79 Å². The molecule has 1 heterocycles. The highest BCUT2D eigenvalue weighted by atomic mass is 16.7. The first kappa shape index (κ1) is 21.2. The maximum atomic E-state index is 6.15. The number of unbranched alkanes of at least 4 members (excludes halogenated alkanes) is 5. The van der Waals surface area contributed by atoms with Crippen molar-refractivity contribution in [1.82, 2.24) is 0 Å². The lowest BCUT2D eigenvalue weighted by Crippen LogP contribution is -2.42. The van der Waals surface area contributed by atoms with Crippen LogP contribution in [0, 0.1) is 11.8 Å². The first-order valence-electron chi connectivity index (χ1n) is 11.1. The molecule has 0 aromatic rings. The highest BCUT2D eigenvalue weighted by molar-refractivity contribution is 4.93.